The van der Waals surface area contributed by atoms with Crippen LogP contribution in [0.5, 0.6) is 0 Å². The monoisotopic (exact) mass is 244 g/mol. The summed E-state index contributed by atoms with van der Waals surface area (Å²) < 4.78 is 4.71. The molecule has 0 rings (SSSR count). The minimum Gasteiger partial charge on any atom is -0.481 e. The Kier molecular flexibility index (Phi) is 7.18. The average Bonchev–Trinajstić information content (AvgIpc) is 2.25. The summed E-state index contributed by atoms with van der Waals surface area (Å²) in [5, 5.41) is 8.72. The summed E-state index contributed by atoms with van der Waals surface area (Å²) in [5.41, 5.74) is 0. The van der Waals surface area contributed by atoms with E-state index in [1.165, 1.54) is 0 Å². The zero-order valence-electron chi connectivity index (χ0n) is 10.6. The topological polar surface area (TPSA) is 80.7 Å². The molecule has 0 bridgehead atoms. The molecule has 0 saturated heterocycles. The maximum absolute atomic E-state index is 11.6. The van der Waals surface area contributed by atoms with Crippen LogP contribution < -0.4 is 0 Å². The maximum Gasteiger partial charge on any atom is 0.306 e. The summed E-state index contributed by atoms with van der Waals surface area (Å²) in [6, 6.07) is 0. The number of Topliss-reactive ketones (excluding diaryl/α,β-unsaturated/α-hetero) is 1. The fourth-order valence-corrected chi connectivity index (χ4v) is 1.47. The number of esters is 1. The van der Waals surface area contributed by atoms with Crippen LogP contribution in [0.25, 0.3) is 0 Å². The highest BCUT2D eigenvalue weighted by atomic mass is 16.5. The van der Waals surface area contributed by atoms with Gasteiger partial charge >= 0.3 is 11.9 Å². The molecule has 0 aliphatic heterocycles. The number of aliphatic carboxylic acids is 1. The molecule has 5 heteroatoms. The van der Waals surface area contributed by atoms with Crippen molar-refractivity contribution in [2.75, 3.05) is 6.61 Å². The highest BCUT2D eigenvalue weighted by Gasteiger charge is 2.20. The number of carboxylic acid groups (broad SMARTS) is 1. The lowest BCUT2D eigenvalue weighted by molar-refractivity contribution is -0.145. The number of carbonyl (C=O) groups excluding carboxylic acids is 2. The Labute approximate surface area is 101 Å². The second kappa shape index (κ2) is 7.81. The van der Waals surface area contributed by atoms with Gasteiger partial charge in [-0.1, -0.05) is 13.8 Å². The van der Waals surface area contributed by atoms with E-state index in [1.54, 1.807) is 20.8 Å². The Morgan fingerprint density at radius 1 is 1.12 bits per heavy atom. The van der Waals surface area contributed by atoms with Gasteiger partial charge in [0.1, 0.15) is 5.78 Å². The molecule has 0 aliphatic carbocycles. The van der Waals surface area contributed by atoms with E-state index in [0.29, 0.717) is 13.0 Å². The molecule has 1 N–H and O–H groups in total. The lowest BCUT2D eigenvalue weighted by Crippen LogP contribution is -2.20. The van der Waals surface area contributed by atoms with E-state index in [1.807, 2.05) is 0 Å². The predicted molar refractivity (Wildman–Crippen MR) is 61.5 cm³/mol. The van der Waals surface area contributed by atoms with E-state index >= 15 is 0 Å². The first-order valence-electron chi connectivity index (χ1n) is 5.79. The lowest BCUT2D eigenvalue weighted by atomic mass is 9.92. The highest BCUT2D eigenvalue weighted by Crippen LogP contribution is 2.15. The molecule has 98 valence electrons. The quantitative estimate of drug-likeness (QED) is 0.656. The number of carbonyl (C=O) groups is 3. The Balaban J connectivity index is 3.97. The molecule has 0 aromatic heterocycles. The van der Waals surface area contributed by atoms with Crippen LogP contribution >= 0.6 is 0 Å². The molecule has 0 saturated carbocycles. The Morgan fingerprint density at radius 2 is 1.71 bits per heavy atom. The minimum atomic E-state index is -0.907. The number of ketones is 1. The van der Waals surface area contributed by atoms with Gasteiger partial charge in [-0.15, -0.1) is 0 Å². The predicted octanol–water partition coefficient (Wildman–Crippen LogP) is 1.65. The average molecular weight is 244 g/mol. The summed E-state index contributed by atoms with van der Waals surface area (Å²) in [5.74, 6) is -2.27. The first-order chi connectivity index (χ1) is 7.88. The Morgan fingerprint density at radius 3 is 2.18 bits per heavy atom. The van der Waals surface area contributed by atoms with Gasteiger partial charge in [0.25, 0.3) is 0 Å². The standard InChI is InChI=1S/C12H20O5/c1-4-17-11(14)6-5-10(13)8(2)7-9(3)12(15)16/h8-9H,4-7H2,1-3H3,(H,15,16). The van der Waals surface area contributed by atoms with Crippen molar-refractivity contribution in [2.45, 2.75) is 40.0 Å². The molecule has 0 amide bonds. The van der Waals surface area contributed by atoms with Crippen molar-refractivity contribution in [3.63, 3.8) is 0 Å². The van der Waals surface area contributed by atoms with Gasteiger partial charge in [0.2, 0.25) is 0 Å². The van der Waals surface area contributed by atoms with Crippen LogP contribution in [-0.4, -0.2) is 29.4 Å². The third-order valence-electron chi connectivity index (χ3n) is 2.56. The van der Waals surface area contributed by atoms with Crippen molar-refractivity contribution in [2.24, 2.45) is 11.8 Å². The largest absolute Gasteiger partial charge is 0.481 e. The van der Waals surface area contributed by atoms with Crippen molar-refractivity contribution >= 4 is 17.7 Å². The number of ether oxygens (including phenoxy) is 1. The lowest BCUT2D eigenvalue weighted by Gasteiger charge is -2.12. The second-order valence-corrected chi connectivity index (χ2v) is 4.15. The van der Waals surface area contributed by atoms with E-state index in [4.69, 9.17) is 9.84 Å². The van der Waals surface area contributed by atoms with E-state index in [9.17, 15) is 14.4 Å². The highest BCUT2D eigenvalue weighted by molar-refractivity contribution is 5.85. The van der Waals surface area contributed by atoms with Gasteiger partial charge in [-0.05, 0) is 13.3 Å². The van der Waals surface area contributed by atoms with E-state index in [2.05, 4.69) is 0 Å². The van der Waals surface area contributed by atoms with Crippen LogP contribution in [0.4, 0.5) is 0 Å². The molecule has 0 heterocycles. The number of hydrogen-bond acceptors (Lipinski definition) is 4. The fraction of sp³-hybridized carbons (Fsp3) is 0.750. The van der Waals surface area contributed by atoms with E-state index in [0.717, 1.165) is 0 Å². The van der Waals surface area contributed by atoms with Crippen LogP contribution in [0, 0.1) is 11.8 Å². The molecule has 0 aromatic rings. The zero-order valence-corrected chi connectivity index (χ0v) is 10.6. The number of hydrogen-bond donors (Lipinski definition) is 1. The van der Waals surface area contributed by atoms with Crippen molar-refractivity contribution in [1.29, 1.82) is 0 Å². The summed E-state index contributed by atoms with van der Waals surface area (Å²) in [7, 11) is 0. The number of rotatable bonds is 8. The summed E-state index contributed by atoms with van der Waals surface area (Å²) in [4.78, 5) is 33.3. The molecule has 0 radical (unpaired) electrons. The molecule has 0 spiro atoms. The van der Waals surface area contributed by atoms with Gasteiger partial charge in [-0.3, -0.25) is 14.4 Å². The van der Waals surface area contributed by atoms with Crippen LogP contribution in [0.1, 0.15) is 40.0 Å². The third-order valence-corrected chi connectivity index (χ3v) is 2.56. The molecule has 0 aliphatic rings. The molecule has 2 unspecified atom stereocenters. The molecule has 17 heavy (non-hydrogen) atoms. The first kappa shape index (κ1) is 15.6. The summed E-state index contributed by atoms with van der Waals surface area (Å²) in [6.45, 7) is 5.26. The van der Waals surface area contributed by atoms with Gasteiger partial charge in [-0.25, -0.2) is 0 Å². The van der Waals surface area contributed by atoms with Gasteiger partial charge in [0.15, 0.2) is 0 Å². The van der Waals surface area contributed by atoms with E-state index < -0.39 is 11.9 Å². The molecule has 5 nitrogen and oxygen atoms in total. The van der Waals surface area contributed by atoms with Gasteiger partial charge in [-0.2, -0.15) is 0 Å². The molecule has 0 aromatic carbocycles. The van der Waals surface area contributed by atoms with Gasteiger partial charge < -0.3 is 9.84 Å². The summed E-state index contributed by atoms with van der Waals surface area (Å²) >= 11 is 0. The van der Waals surface area contributed by atoms with Crippen LogP contribution in [0.15, 0.2) is 0 Å². The SMILES string of the molecule is CCOC(=O)CCC(=O)C(C)CC(C)C(=O)O. The van der Waals surface area contributed by atoms with Gasteiger partial charge in [0.05, 0.1) is 18.9 Å². The molecule has 0 fully saturated rings. The smallest absolute Gasteiger partial charge is 0.306 e. The van der Waals surface area contributed by atoms with Crippen LogP contribution in [0.2, 0.25) is 0 Å². The van der Waals surface area contributed by atoms with Crippen LogP contribution in [0.3, 0.4) is 0 Å². The fourth-order valence-electron chi connectivity index (χ4n) is 1.47. The van der Waals surface area contributed by atoms with Gasteiger partial charge in [0, 0.05) is 12.3 Å². The molecular weight excluding hydrogens is 224 g/mol. The second-order valence-electron chi connectivity index (χ2n) is 4.15. The van der Waals surface area contributed by atoms with Crippen molar-refractivity contribution in [3.8, 4) is 0 Å². The first-order valence-corrected chi connectivity index (χ1v) is 5.79. The van der Waals surface area contributed by atoms with Crippen LogP contribution in [-0.2, 0) is 19.1 Å². The maximum atomic E-state index is 11.6. The normalized spacial score (nSPS) is 13.8. The van der Waals surface area contributed by atoms with Crippen molar-refractivity contribution in [3.05, 3.63) is 0 Å². The van der Waals surface area contributed by atoms with Crippen molar-refractivity contribution < 1.29 is 24.2 Å². The third kappa shape index (κ3) is 6.71. The Hall–Kier alpha value is -1.39. The van der Waals surface area contributed by atoms with Crippen molar-refractivity contribution in [1.82, 2.24) is 0 Å². The molecule has 2 atom stereocenters. The summed E-state index contributed by atoms with van der Waals surface area (Å²) in [6.07, 6.45) is 0.488. The number of carboxylic acids is 1. The zero-order chi connectivity index (χ0) is 13.4. The van der Waals surface area contributed by atoms with E-state index in [-0.39, 0.29) is 30.5 Å². The Bertz CT molecular complexity index is 285. The molecular formula is C12H20O5. The minimum absolute atomic E-state index is 0.0679.